The number of aromatic nitrogens is 1. The average Bonchev–Trinajstić information content (AvgIpc) is 2.85. The summed E-state index contributed by atoms with van der Waals surface area (Å²) in [5.41, 5.74) is 0.0592. The first-order valence-electron chi connectivity index (χ1n) is 5.05. The van der Waals surface area contributed by atoms with Crippen LogP contribution in [0.5, 0.6) is 0 Å². The van der Waals surface area contributed by atoms with Gasteiger partial charge in [-0.25, -0.2) is 9.18 Å². The summed E-state index contributed by atoms with van der Waals surface area (Å²) in [7, 11) is 0. The van der Waals surface area contributed by atoms with Crippen LogP contribution in [0.3, 0.4) is 0 Å². The van der Waals surface area contributed by atoms with E-state index in [0.29, 0.717) is 5.69 Å². The maximum Gasteiger partial charge on any atom is 0.338 e. The van der Waals surface area contributed by atoms with Crippen LogP contribution < -0.4 is 5.32 Å². The highest BCUT2D eigenvalue weighted by atomic mass is 19.1. The third-order valence-electron chi connectivity index (χ3n) is 2.30. The number of rotatable bonds is 3. The zero-order valence-electron chi connectivity index (χ0n) is 9.11. The molecule has 0 fully saturated rings. The highest BCUT2D eigenvalue weighted by Gasteiger charge is 2.12. The minimum atomic E-state index is -1.39. The molecule has 0 bridgehead atoms. The van der Waals surface area contributed by atoms with Gasteiger partial charge in [-0.05, 0) is 30.3 Å². The van der Waals surface area contributed by atoms with Crippen molar-refractivity contribution in [2.45, 2.75) is 0 Å². The standard InChI is InChI=1S/C12H9FN2O3/c13-9-4-3-7(6-8(9)12(17)18)15-11(16)10-2-1-5-14-10/h1-6,14H,(H,15,16)(H,17,18). The minimum absolute atomic E-state index is 0.216. The zero-order chi connectivity index (χ0) is 13.1. The maximum absolute atomic E-state index is 13.1. The Bertz CT molecular complexity index is 593. The van der Waals surface area contributed by atoms with E-state index in [4.69, 9.17) is 5.11 Å². The first kappa shape index (κ1) is 11.8. The molecule has 0 saturated carbocycles. The van der Waals surface area contributed by atoms with Crippen molar-refractivity contribution in [1.82, 2.24) is 4.98 Å². The molecule has 92 valence electrons. The Morgan fingerprint density at radius 2 is 2.06 bits per heavy atom. The normalized spacial score (nSPS) is 10.1. The maximum atomic E-state index is 13.1. The fraction of sp³-hybridized carbons (Fsp3) is 0. The Balaban J connectivity index is 2.22. The van der Waals surface area contributed by atoms with Gasteiger partial charge in [0.15, 0.2) is 0 Å². The van der Waals surface area contributed by atoms with Gasteiger partial charge >= 0.3 is 5.97 Å². The summed E-state index contributed by atoms with van der Waals surface area (Å²) in [4.78, 5) is 25.1. The van der Waals surface area contributed by atoms with Crippen molar-refractivity contribution in [3.63, 3.8) is 0 Å². The number of carboxylic acids is 1. The number of halogens is 1. The molecule has 6 heteroatoms. The van der Waals surface area contributed by atoms with Crippen LogP contribution in [0.15, 0.2) is 36.5 Å². The molecular weight excluding hydrogens is 239 g/mol. The molecule has 1 heterocycles. The topological polar surface area (TPSA) is 82.2 Å². The molecule has 0 aliphatic carbocycles. The van der Waals surface area contributed by atoms with Crippen LogP contribution in [0, 0.1) is 5.82 Å². The lowest BCUT2D eigenvalue weighted by Crippen LogP contribution is -2.13. The monoisotopic (exact) mass is 248 g/mol. The first-order valence-corrected chi connectivity index (χ1v) is 5.05. The molecule has 0 aliphatic rings. The molecule has 1 amide bonds. The Morgan fingerprint density at radius 1 is 1.28 bits per heavy atom. The smallest absolute Gasteiger partial charge is 0.338 e. The number of aromatic carboxylic acids is 1. The lowest BCUT2D eigenvalue weighted by atomic mass is 10.2. The number of anilines is 1. The van der Waals surface area contributed by atoms with Crippen LogP contribution in [-0.4, -0.2) is 22.0 Å². The van der Waals surface area contributed by atoms with Crippen molar-refractivity contribution in [1.29, 1.82) is 0 Å². The van der Waals surface area contributed by atoms with Gasteiger partial charge in [-0.3, -0.25) is 4.79 Å². The number of H-pyrrole nitrogens is 1. The largest absolute Gasteiger partial charge is 0.478 e. The number of carbonyl (C=O) groups excluding carboxylic acids is 1. The second-order valence-corrected chi connectivity index (χ2v) is 3.54. The van der Waals surface area contributed by atoms with Gasteiger partial charge in [0.05, 0.1) is 5.56 Å². The Kier molecular flexibility index (Phi) is 3.09. The number of hydrogen-bond acceptors (Lipinski definition) is 2. The number of benzene rings is 1. The third kappa shape index (κ3) is 2.37. The van der Waals surface area contributed by atoms with Crippen LogP contribution >= 0.6 is 0 Å². The number of carbonyl (C=O) groups is 2. The van der Waals surface area contributed by atoms with E-state index in [2.05, 4.69) is 10.3 Å². The quantitative estimate of drug-likeness (QED) is 0.777. The van der Waals surface area contributed by atoms with E-state index in [1.54, 1.807) is 18.3 Å². The predicted octanol–water partition coefficient (Wildman–Crippen LogP) is 2.10. The van der Waals surface area contributed by atoms with E-state index in [1.807, 2.05) is 0 Å². The summed E-state index contributed by atoms with van der Waals surface area (Å²) in [5.74, 6) is -2.66. The van der Waals surface area contributed by atoms with Gasteiger partial charge in [-0.15, -0.1) is 0 Å². The number of aromatic amines is 1. The SMILES string of the molecule is O=C(Nc1ccc(F)c(C(=O)O)c1)c1ccc[nH]1. The summed E-state index contributed by atoms with van der Waals surface area (Å²) in [6.45, 7) is 0. The van der Waals surface area contributed by atoms with Crippen LogP contribution in [0.25, 0.3) is 0 Å². The van der Waals surface area contributed by atoms with E-state index >= 15 is 0 Å². The summed E-state index contributed by atoms with van der Waals surface area (Å²) in [6, 6.07) is 6.58. The highest BCUT2D eigenvalue weighted by Crippen LogP contribution is 2.15. The van der Waals surface area contributed by atoms with Crippen molar-refractivity contribution in [2.24, 2.45) is 0 Å². The van der Waals surface area contributed by atoms with Crippen LogP contribution in [-0.2, 0) is 0 Å². The van der Waals surface area contributed by atoms with Crippen molar-refractivity contribution >= 4 is 17.6 Å². The van der Waals surface area contributed by atoms with E-state index < -0.39 is 23.3 Å². The molecule has 2 rings (SSSR count). The Morgan fingerprint density at radius 3 is 2.67 bits per heavy atom. The van der Waals surface area contributed by atoms with Crippen molar-refractivity contribution in [2.75, 3.05) is 5.32 Å². The Labute approximate surface area is 101 Å². The highest BCUT2D eigenvalue weighted by molar-refractivity contribution is 6.03. The second kappa shape index (κ2) is 4.70. The van der Waals surface area contributed by atoms with Gasteiger partial charge in [0.2, 0.25) is 0 Å². The lowest BCUT2D eigenvalue weighted by molar-refractivity contribution is 0.0691. The molecule has 2 aromatic rings. The molecule has 5 nitrogen and oxygen atoms in total. The van der Waals surface area contributed by atoms with E-state index in [1.165, 1.54) is 6.07 Å². The summed E-state index contributed by atoms with van der Waals surface area (Å²) >= 11 is 0. The van der Waals surface area contributed by atoms with Gasteiger partial charge in [0.25, 0.3) is 5.91 Å². The Hall–Kier alpha value is -2.63. The van der Waals surface area contributed by atoms with E-state index in [0.717, 1.165) is 12.1 Å². The van der Waals surface area contributed by atoms with Gasteiger partial charge < -0.3 is 15.4 Å². The summed E-state index contributed by atoms with van der Waals surface area (Å²) in [5, 5.41) is 11.2. The van der Waals surface area contributed by atoms with Crippen LogP contribution in [0.2, 0.25) is 0 Å². The first-order chi connectivity index (χ1) is 8.58. The zero-order valence-corrected chi connectivity index (χ0v) is 9.11. The van der Waals surface area contributed by atoms with Gasteiger partial charge in [-0.1, -0.05) is 0 Å². The minimum Gasteiger partial charge on any atom is -0.478 e. The van der Waals surface area contributed by atoms with Crippen LogP contribution in [0.1, 0.15) is 20.8 Å². The van der Waals surface area contributed by atoms with E-state index in [-0.39, 0.29) is 5.69 Å². The molecule has 18 heavy (non-hydrogen) atoms. The fourth-order valence-electron chi connectivity index (χ4n) is 1.44. The molecule has 0 spiro atoms. The number of nitrogens with one attached hydrogen (secondary N) is 2. The molecule has 0 atom stereocenters. The van der Waals surface area contributed by atoms with E-state index in [9.17, 15) is 14.0 Å². The lowest BCUT2D eigenvalue weighted by Gasteiger charge is -2.05. The van der Waals surface area contributed by atoms with Gasteiger partial charge in [0, 0.05) is 11.9 Å². The molecular formula is C12H9FN2O3. The number of amides is 1. The second-order valence-electron chi connectivity index (χ2n) is 3.54. The van der Waals surface area contributed by atoms with Crippen LogP contribution in [0.4, 0.5) is 10.1 Å². The number of hydrogen-bond donors (Lipinski definition) is 3. The molecule has 0 aliphatic heterocycles. The van der Waals surface area contributed by atoms with Crippen molar-refractivity contribution in [3.05, 3.63) is 53.6 Å². The van der Waals surface area contributed by atoms with Gasteiger partial charge in [0.1, 0.15) is 11.5 Å². The molecule has 3 N–H and O–H groups in total. The number of carboxylic acid groups (broad SMARTS) is 1. The molecule has 0 saturated heterocycles. The third-order valence-corrected chi connectivity index (χ3v) is 2.30. The van der Waals surface area contributed by atoms with Crippen molar-refractivity contribution < 1.29 is 19.1 Å². The molecule has 0 unspecified atom stereocenters. The molecule has 1 aromatic heterocycles. The average molecular weight is 248 g/mol. The predicted molar refractivity (Wildman–Crippen MR) is 62.1 cm³/mol. The van der Waals surface area contributed by atoms with Crippen molar-refractivity contribution in [3.8, 4) is 0 Å². The summed E-state index contributed by atoms with van der Waals surface area (Å²) < 4.78 is 13.1. The molecule has 1 aromatic carbocycles. The summed E-state index contributed by atoms with van der Waals surface area (Å²) in [6.07, 6.45) is 1.59. The molecule has 0 radical (unpaired) electrons. The van der Waals surface area contributed by atoms with Gasteiger partial charge in [-0.2, -0.15) is 0 Å². The fourth-order valence-corrected chi connectivity index (χ4v) is 1.44.